The number of anilines is 1. The van der Waals surface area contributed by atoms with Crippen molar-refractivity contribution in [2.24, 2.45) is 0 Å². The Morgan fingerprint density at radius 2 is 1.85 bits per heavy atom. The van der Waals surface area contributed by atoms with E-state index >= 15 is 0 Å². The number of esters is 1. The van der Waals surface area contributed by atoms with Crippen molar-refractivity contribution in [3.63, 3.8) is 0 Å². The molecule has 12 heteroatoms. The van der Waals surface area contributed by atoms with Gasteiger partial charge in [-0.15, -0.1) is 11.3 Å². The highest BCUT2D eigenvalue weighted by Crippen LogP contribution is 2.42. The number of carbonyl (C=O) groups excluding carboxylic acids is 1. The summed E-state index contributed by atoms with van der Waals surface area (Å²) in [4.78, 5) is 24.3. The van der Waals surface area contributed by atoms with Crippen molar-refractivity contribution in [2.45, 2.75) is 31.6 Å². The molecular weight excluding hydrogens is 547 g/mol. The van der Waals surface area contributed by atoms with Gasteiger partial charge in [0.1, 0.15) is 11.6 Å². The summed E-state index contributed by atoms with van der Waals surface area (Å²) in [7, 11) is -2.26. The number of ether oxygens (including phenoxy) is 2. The van der Waals surface area contributed by atoms with Gasteiger partial charge in [-0.2, -0.15) is 0 Å². The Bertz CT molecular complexity index is 1450. The normalized spacial score (nSPS) is 14.6. The summed E-state index contributed by atoms with van der Waals surface area (Å²) in [6.45, 7) is 1.92. The van der Waals surface area contributed by atoms with Crippen LogP contribution >= 0.6 is 11.3 Å². The zero-order valence-corrected chi connectivity index (χ0v) is 23.1. The quantitative estimate of drug-likeness (QED) is 0.338. The van der Waals surface area contributed by atoms with E-state index in [4.69, 9.17) is 14.6 Å². The maximum absolute atomic E-state index is 13.2. The van der Waals surface area contributed by atoms with E-state index in [2.05, 4.69) is 5.32 Å². The van der Waals surface area contributed by atoms with Crippen LogP contribution in [-0.4, -0.2) is 62.6 Å². The maximum atomic E-state index is 13.2. The van der Waals surface area contributed by atoms with Crippen molar-refractivity contribution in [1.82, 2.24) is 4.31 Å². The molecule has 0 aliphatic carbocycles. The summed E-state index contributed by atoms with van der Waals surface area (Å²) >= 11 is 1.17. The van der Waals surface area contributed by atoms with Gasteiger partial charge in [-0.3, -0.25) is 0 Å². The molecule has 0 bridgehead atoms. The van der Waals surface area contributed by atoms with E-state index in [9.17, 15) is 22.4 Å². The van der Waals surface area contributed by atoms with Gasteiger partial charge in [-0.1, -0.05) is 24.3 Å². The molecule has 1 aliphatic heterocycles. The van der Waals surface area contributed by atoms with E-state index in [1.54, 1.807) is 6.92 Å². The Hall–Kier alpha value is -3.48. The number of hydrogen-bond acceptors (Lipinski definition) is 8. The highest BCUT2D eigenvalue weighted by molar-refractivity contribution is 7.88. The van der Waals surface area contributed by atoms with Crippen LogP contribution in [0.25, 0.3) is 10.4 Å². The molecule has 0 unspecified atom stereocenters. The lowest BCUT2D eigenvalue weighted by Crippen LogP contribution is -2.42. The minimum Gasteiger partial charge on any atom is -0.480 e. The molecule has 0 amide bonds. The molecular formula is C27H29FN2O7S2. The number of aliphatic carboxylic acids is 1. The van der Waals surface area contributed by atoms with Crippen LogP contribution in [0.3, 0.4) is 0 Å². The first-order chi connectivity index (χ1) is 18.6. The molecule has 9 nitrogen and oxygen atoms in total. The van der Waals surface area contributed by atoms with E-state index in [-0.39, 0.29) is 22.4 Å². The van der Waals surface area contributed by atoms with Crippen LogP contribution in [0.5, 0.6) is 5.75 Å². The van der Waals surface area contributed by atoms with Crippen molar-refractivity contribution in [1.29, 1.82) is 0 Å². The number of methoxy groups -OCH3 is 1. The molecule has 39 heavy (non-hydrogen) atoms. The van der Waals surface area contributed by atoms with E-state index < -0.39 is 34.4 Å². The minimum absolute atomic E-state index is 0.0574. The van der Waals surface area contributed by atoms with Crippen LogP contribution in [0, 0.1) is 12.7 Å². The third-order valence-electron chi connectivity index (χ3n) is 6.41. The summed E-state index contributed by atoms with van der Waals surface area (Å²) < 4.78 is 50.6. The predicted molar refractivity (Wildman–Crippen MR) is 146 cm³/mol. The lowest BCUT2D eigenvalue weighted by Gasteiger charge is -2.32. The molecule has 2 N–H and O–H groups in total. The molecule has 1 aliphatic rings. The molecule has 3 aromatic rings. The lowest BCUT2D eigenvalue weighted by molar-refractivity contribution is -0.139. The van der Waals surface area contributed by atoms with Crippen molar-refractivity contribution in [3.05, 3.63) is 70.4 Å². The van der Waals surface area contributed by atoms with E-state index in [1.807, 2.05) is 24.3 Å². The number of hydrogen-bond donors (Lipinski definition) is 2. The SMILES string of the molecule is COC(=O)c1sc(-c2cccc(NC3CCN(S(=O)(=O)Cc4ccc(F)cc4)CC3)c2)c(C)c1OCC(=O)O. The molecule has 0 spiro atoms. The van der Waals surface area contributed by atoms with Gasteiger partial charge >= 0.3 is 11.9 Å². The number of nitrogens with one attached hydrogen (secondary N) is 1. The van der Waals surface area contributed by atoms with Gasteiger partial charge in [0.05, 0.1) is 12.9 Å². The monoisotopic (exact) mass is 576 g/mol. The highest BCUT2D eigenvalue weighted by atomic mass is 32.2. The molecule has 2 aromatic carbocycles. The fourth-order valence-corrected chi connectivity index (χ4v) is 7.18. The number of carbonyl (C=O) groups is 2. The number of sulfonamides is 1. The first-order valence-electron chi connectivity index (χ1n) is 12.2. The number of piperidine rings is 1. The summed E-state index contributed by atoms with van der Waals surface area (Å²) in [6, 6.07) is 13.1. The summed E-state index contributed by atoms with van der Waals surface area (Å²) in [5.41, 5.74) is 2.83. The molecule has 2 heterocycles. The molecule has 1 fully saturated rings. The third-order valence-corrected chi connectivity index (χ3v) is 9.56. The zero-order chi connectivity index (χ0) is 28.2. The average Bonchev–Trinajstić information content (AvgIpc) is 3.24. The second-order valence-corrected chi connectivity index (χ2v) is 12.2. The van der Waals surface area contributed by atoms with Crippen LogP contribution < -0.4 is 10.1 Å². The smallest absolute Gasteiger partial charge is 0.351 e. The van der Waals surface area contributed by atoms with Crippen molar-refractivity contribution < 1.29 is 37.0 Å². The number of carboxylic acids is 1. The second-order valence-electron chi connectivity index (χ2n) is 9.17. The molecule has 1 aromatic heterocycles. The molecule has 0 radical (unpaired) electrons. The van der Waals surface area contributed by atoms with Crippen molar-refractivity contribution in [3.8, 4) is 16.2 Å². The van der Waals surface area contributed by atoms with Crippen LogP contribution in [0.4, 0.5) is 10.1 Å². The number of halogens is 1. The molecule has 208 valence electrons. The number of carboxylic acid groups (broad SMARTS) is 1. The Balaban J connectivity index is 1.43. The van der Waals surface area contributed by atoms with Gasteiger partial charge in [-0.05, 0) is 55.2 Å². The number of rotatable bonds is 10. The Labute approximate surface area is 230 Å². The Morgan fingerprint density at radius 1 is 1.15 bits per heavy atom. The lowest BCUT2D eigenvalue weighted by atomic mass is 10.0. The van der Waals surface area contributed by atoms with Crippen LogP contribution in [-0.2, 0) is 25.3 Å². The maximum Gasteiger partial charge on any atom is 0.351 e. The molecule has 0 atom stereocenters. The average molecular weight is 577 g/mol. The summed E-state index contributed by atoms with van der Waals surface area (Å²) in [6.07, 6.45) is 1.23. The fraction of sp³-hybridized carbons (Fsp3) is 0.333. The predicted octanol–water partition coefficient (Wildman–Crippen LogP) is 4.52. The van der Waals surface area contributed by atoms with E-state index in [0.717, 1.165) is 16.1 Å². The van der Waals surface area contributed by atoms with Gasteiger partial charge in [0, 0.05) is 35.3 Å². The number of nitrogens with zero attached hydrogens (tertiary/aromatic N) is 1. The van der Waals surface area contributed by atoms with Crippen LogP contribution in [0.1, 0.15) is 33.6 Å². The molecule has 4 rings (SSSR count). The van der Waals surface area contributed by atoms with Crippen molar-refractivity contribution in [2.75, 3.05) is 32.1 Å². The largest absolute Gasteiger partial charge is 0.480 e. The third kappa shape index (κ3) is 6.94. The van der Waals surface area contributed by atoms with Gasteiger partial charge < -0.3 is 19.9 Å². The van der Waals surface area contributed by atoms with Gasteiger partial charge in [0.25, 0.3) is 0 Å². The Morgan fingerprint density at radius 3 is 2.49 bits per heavy atom. The van der Waals surface area contributed by atoms with E-state index in [1.165, 1.54) is 47.0 Å². The van der Waals surface area contributed by atoms with Gasteiger partial charge in [0.15, 0.2) is 11.5 Å². The zero-order valence-electron chi connectivity index (χ0n) is 21.5. The highest BCUT2D eigenvalue weighted by Gasteiger charge is 2.29. The van der Waals surface area contributed by atoms with Crippen LogP contribution in [0.2, 0.25) is 0 Å². The van der Waals surface area contributed by atoms with Crippen molar-refractivity contribution >= 4 is 39.0 Å². The second kappa shape index (κ2) is 12.1. The number of benzene rings is 2. The molecule has 0 saturated carbocycles. The van der Waals surface area contributed by atoms with Gasteiger partial charge in [0.2, 0.25) is 10.0 Å². The summed E-state index contributed by atoms with van der Waals surface area (Å²) in [5.74, 6) is -2.14. The van der Waals surface area contributed by atoms with Crippen LogP contribution in [0.15, 0.2) is 48.5 Å². The van der Waals surface area contributed by atoms with Gasteiger partial charge in [-0.25, -0.2) is 26.7 Å². The topological polar surface area (TPSA) is 122 Å². The Kier molecular flexibility index (Phi) is 8.88. The standard InChI is InChI=1S/C27H29FN2O7S2/c1-17-24(37-15-23(31)32)26(27(33)36-2)38-25(17)19-4-3-5-22(14-19)29-21-10-12-30(13-11-21)39(34,35)16-18-6-8-20(28)9-7-18/h3-9,14,21,29H,10-13,15-16H2,1-2H3,(H,31,32). The minimum atomic E-state index is -3.52. The number of thiophene rings is 1. The summed E-state index contributed by atoms with van der Waals surface area (Å²) in [5, 5.41) is 12.5. The fourth-order valence-electron chi connectivity index (χ4n) is 4.46. The first kappa shape index (κ1) is 28.5. The molecule has 1 saturated heterocycles. The first-order valence-corrected chi connectivity index (χ1v) is 14.7. The van der Waals surface area contributed by atoms with E-state index in [0.29, 0.717) is 37.1 Å².